The second-order valence-corrected chi connectivity index (χ2v) is 24.1. The summed E-state index contributed by atoms with van der Waals surface area (Å²) >= 11 is 6.60. The summed E-state index contributed by atoms with van der Waals surface area (Å²) < 4.78 is 213. The second-order valence-electron chi connectivity index (χ2n) is 18.1. The molecule has 7 rings (SSSR count). The first-order chi connectivity index (χ1) is 34.3. The summed E-state index contributed by atoms with van der Waals surface area (Å²) in [6.07, 6.45) is -11.7. The minimum Gasteiger partial charge on any atom is -0.346 e. The molecule has 2 aliphatic rings. The van der Waals surface area contributed by atoms with Gasteiger partial charge in [-0.3, -0.25) is 18.7 Å². The number of phosphoric ester groups is 1. The second kappa shape index (κ2) is 19.6. The third-order valence-corrected chi connectivity index (χ3v) is 15.8. The van der Waals surface area contributed by atoms with Crippen LogP contribution in [0.4, 0.5) is 54.5 Å². The number of alkyl halides is 8. The number of phosphoric acid groups is 1. The zero-order valence-corrected chi connectivity index (χ0v) is 42.4. The first kappa shape index (κ1) is 56.9. The van der Waals surface area contributed by atoms with Gasteiger partial charge in [-0.25, -0.2) is 40.0 Å². The lowest BCUT2D eigenvalue weighted by molar-refractivity contribution is -0.143. The van der Waals surface area contributed by atoms with E-state index in [1.807, 2.05) is 5.32 Å². The number of nitrogens with zero attached hydrogens (tertiary/aromatic N) is 6. The van der Waals surface area contributed by atoms with Crippen LogP contribution in [0.15, 0.2) is 42.5 Å². The van der Waals surface area contributed by atoms with Crippen molar-refractivity contribution in [1.29, 1.82) is 0 Å². The third kappa shape index (κ3) is 12.2. The predicted molar refractivity (Wildman–Crippen MR) is 246 cm³/mol. The van der Waals surface area contributed by atoms with E-state index in [2.05, 4.69) is 36.9 Å². The molecule has 1 fully saturated rings. The maximum absolute atomic E-state index is 15.6. The molecule has 4 atom stereocenters. The summed E-state index contributed by atoms with van der Waals surface area (Å²) in [7, 11) is -14.1. The number of hydrogen-bond acceptors (Lipinski definition) is 11. The van der Waals surface area contributed by atoms with Gasteiger partial charge in [0.05, 0.1) is 40.0 Å². The van der Waals surface area contributed by atoms with Gasteiger partial charge in [0.1, 0.15) is 40.9 Å². The number of pyridine rings is 1. The fourth-order valence-electron chi connectivity index (χ4n) is 8.38. The number of benzene rings is 2. The molecule has 0 aliphatic heterocycles. The molecule has 1 saturated carbocycles. The Morgan fingerprint density at radius 1 is 0.987 bits per heavy atom. The molecule has 3 aromatic heterocycles. The Labute approximate surface area is 424 Å². The van der Waals surface area contributed by atoms with E-state index in [0.717, 1.165) is 49.6 Å². The Morgan fingerprint density at radius 3 is 2.19 bits per heavy atom. The van der Waals surface area contributed by atoms with Gasteiger partial charge in [0.15, 0.2) is 21.3 Å². The van der Waals surface area contributed by atoms with Crippen LogP contribution >= 0.6 is 19.4 Å². The summed E-state index contributed by atoms with van der Waals surface area (Å²) in [5, 5.41) is 10.4. The molecule has 406 valence electrons. The van der Waals surface area contributed by atoms with E-state index in [0.29, 0.717) is 12.3 Å². The van der Waals surface area contributed by atoms with Crippen LogP contribution in [0.3, 0.4) is 0 Å². The van der Waals surface area contributed by atoms with Crippen LogP contribution < -0.4 is 14.9 Å². The highest BCUT2D eigenvalue weighted by molar-refractivity contribution is 7.93. The number of hydrogen-bond donors (Lipinski definition) is 4. The fraction of sp³-hybridized carbons (Fsp3) is 0.419. The Bertz CT molecular complexity index is 3480. The molecule has 0 radical (unpaired) electrons. The van der Waals surface area contributed by atoms with Gasteiger partial charge in [0, 0.05) is 41.5 Å². The lowest BCUT2D eigenvalue weighted by Gasteiger charge is -2.23. The number of urea groups is 1. The average Bonchev–Trinajstić information content (AvgIpc) is 3.75. The topological polar surface area (TPSA) is 245 Å². The molecule has 3 heterocycles. The first-order valence-corrected chi connectivity index (χ1v) is 27.2. The van der Waals surface area contributed by atoms with Crippen molar-refractivity contribution >= 4 is 67.9 Å². The van der Waals surface area contributed by atoms with E-state index in [1.165, 1.54) is 13.8 Å². The van der Waals surface area contributed by atoms with Crippen molar-refractivity contribution < 1.29 is 89.2 Å². The molecule has 32 heteroatoms. The zero-order chi connectivity index (χ0) is 55.9. The third-order valence-electron chi connectivity index (χ3n) is 11.9. The van der Waals surface area contributed by atoms with Crippen LogP contribution in [0.25, 0.3) is 22.0 Å². The maximum atomic E-state index is 15.6. The summed E-state index contributed by atoms with van der Waals surface area (Å²) in [5.41, 5.74) is -6.32. The van der Waals surface area contributed by atoms with E-state index < -0.39 is 174 Å². The lowest BCUT2D eigenvalue weighted by Crippen LogP contribution is -2.46. The quantitative estimate of drug-likeness (QED) is 0.0459. The van der Waals surface area contributed by atoms with Crippen LogP contribution in [0.2, 0.25) is 5.02 Å². The molecule has 2 unspecified atom stereocenters. The standard InChI is InChI=1S/C43H40ClF10N8O10PS2/c1-20(72-73(65,66)67)17-55-39(64)62(75(5,70)71)38-33-29(44)9-8-26(35(33)61(59-38)19-41(47,48)49)25-7-6-24(10-11-40(2,3)74(4,68)69)56-34(25)30(14-21-12-22(45)15-23(46)13-21)57-31(63)18-60-37-32(36(58-60)43(52,53)54)27-16-28(27)42(37,50)51/h6-9,12-13,15,20,27-28,30H,14,16-19H2,1-5H3,(H,55,64)(H,57,63)(H2,65,66,67)/t20?,27-,28+,30?/m0/s1. The number of anilines is 1. The molecular weight excluding hydrogens is 1110 g/mol. The molecule has 0 bridgehead atoms. The summed E-state index contributed by atoms with van der Waals surface area (Å²) in [4.78, 5) is 50.7. The van der Waals surface area contributed by atoms with Gasteiger partial charge in [0.25, 0.3) is 5.92 Å². The molecule has 2 aliphatic carbocycles. The van der Waals surface area contributed by atoms with Crippen molar-refractivity contribution in [3.63, 3.8) is 0 Å². The van der Waals surface area contributed by atoms with Crippen molar-refractivity contribution in [2.45, 2.75) is 87.8 Å². The summed E-state index contributed by atoms with van der Waals surface area (Å²) in [6.45, 7) is -0.714. The van der Waals surface area contributed by atoms with Crippen molar-refractivity contribution in [1.82, 2.24) is 35.2 Å². The van der Waals surface area contributed by atoms with Crippen LogP contribution in [0.1, 0.15) is 73.1 Å². The minimum absolute atomic E-state index is 0.117. The van der Waals surface area contributed by atoms with Gasteiger partial charge in [-0.2, -0.15) is 49.6 Å². The van der Waals surface area contributed by atoms with Gasteiger partial charge >= 0.3 is 26.2 Å². The smallest absolute Gasteiger partial charge is 0.346 e. The van der Waals surface area contributed by atoms with Crippen LogP contribution in [0.5, 0.6) is 0 Å². The molecule has 5 aromatic rings. The van der Waals surface area contributed by atoms with E-state index in [4.69, 9.17) is 11.6 Å². The first-order valence-electron chi connectivity index (χ1n) is 21.6. The Morgan fingerprint density at radius 2 is 1.61 bits per heavy atom. The van der Waals surface area contributed by atoms with Crippen LogP contribution in [0, 0.1) is 29.4 Å². The van der Waals surface area contributed by atoms with E-state index in [-0.39, 0.29) is 36.9 Å². The Hall–Kier alpha value is -5.83. The number of amides is 3. The fourth-order valence-corrected chi connectivity index (χ4v) is 10.2. The van der Waals surface area contributed by atoms with Gasteiger partial charge in [-0.05, 0) is 81.3 Å². The number of sulfone groups is 1. The van der Waals surface area contributed by atoms with Crippen molar-refractivity contribution in [3.8, 4) is 23.0 Å². The van der Waals surface area contributed by atoms with E-state index in [9.17, 15) is 75.9 Å². The summed E-state index contributed by atoms with van der Waals surface area (Å²) in [6, 6.07) is 2.77. The van der Waals surface area contributed by atoms with E-state index in [1.54, 1.807) is 0 Å². The average molecular weight is 1150 g/mol. The van der Waals surface area contributed by atoms with E-state index >= 15 is 8.78 Å². The number of carbonyl (C=O) groups is 2. The minimum atomic E-state index is -5.25. The molecule has 0 saturated heterocycles. The molecule has 2 aromatic carbocycles. The molecule has 75 heavy (non-hydrogen) atoms. The SMILES string of the molecule is CC(CNC(=O)N(c1nn(CC(F)(F)F)c2c(-c3ccc(C#CC(C)(C)S(C)(=O)=O)nc3C(Cc3cc(F)cc(F)c3)NC(=O)Cn3nc(C(F)(F)F)c4c3C(F)(F)[C@@H]3C[C@H]43)ccc(Cl)c12)S(C)(=O)=O)OP(=O)(O)O. The Kier molecular flexibility index (Phi) is 14.9. The predicted octanol–water partition coefficient (Wildman–Crippen LogP) is 7.26. The summed E-state index contributed by atoms with van der Waals surface area (Å²) in [5.74, 6) is -6.37. The van der Waals surface area contributed by atoms with Crippen LogP contribution in [-0.2, 0) is 65.4 Å². The van der Waals surface area contributed by atoms with Gasteiger partial charge in [0.2, 0.25) is 15.9 Å². The number of halogens is 11. The molecule has 18 nitrogen and oxygen atoms in total. The van der Waals surface area contributed by atoms with Gasteiger partial charge in [-0.15, -0.1) is 0 Å². The molecular formula is C43H40ClF10N8O10PS2. The number of carbonyl (C=O) groups excluding carboxylic acids is 2. The van der Waals surface area contributed by atoms with Gasteiger partial charge in [-0.1, -0.05) is 23.6 Å². The lowest BCUT2D eigenvalue weighted by atomic mass is 9.93. The number of aromatic nitrogens is 5. The number of rotatable bonds is 15. The van der Waals surface area contributed by atoms with Crippen molar-refractivity contribution in [3.05, 3.63) is 93.0 Å². The molecule has 3 amide bonds. The number of fused-ring (bicyclic) bond motifs is 4. The molecule has 4 N–H and O–H groups in total. The highest BCUT2D eigenvalue weighted by Gasteiger charge is 2.68. The normalized spacial score (nSPS) is 17.4. The number of sulfonamides is 1. The van der Waals surface area contributed by atoms with Crippen molar-refractivity contribution in [2.75, 3.05) is 23.4 Å². The zero-order valence-electron chi connectivity index (χ0n) is 39.2. The highest BCUT2D eigenvalue weighted by atomic mass is 35.5. The van der Waals surface area contributed by atoms with Crippen molar-refractivity contribution in [2.24, 2.45) is 5.92 Å². The monoisotopic (exact) mass is 1150 g/mol. The maximum Gasteiger partial charge on any atom is 0.469 e. The highest BCUT2D eigenvalue weighted by Crippen LogP contribution is 2.68. The Balaban J connectivity index is 1.47. The number of nitrogens with one attached hydrogen (secondary N) is 2. The molecule has 0 spiro atoms. The van der Waals surface area contributed by atoms with Crippen LogP contribution in [-0.4, -0.2) is 99.2 Å². The van der Waals surface area contributed by atoms with Gasteiger partial charge < -0.3 is 20.4 Å². The largest absolute Gasteiger partial charge is 0.469 e.